The Bertz CT molecular complexity index is 336. The van der Waals surface area contributed by atoms with Gasteiger partial charge in [0, 0.05) is 44.5 Å². The molecule has 1 aromatic rings. The predicted octanol–water partition coefficient (Wildman–Crippen LogP) is 0.0935. The number of rotatable bonds is 4. The van der Waals surface area contributed by atoms with Crippen LogP contribution in [-0.2, 0) is 11.3 Å². The van der Waals surface area contributed by atoms with Crippen molar-refractivity contribution in [3.63, 3.8) is 0 Å². The number of carbonyl (C=O) groups excluding carboxylic acids is 1. The zero-order valence-electron chi connectivity index (χ0n) is 9.59. The lowest BCUT2D eigenvalue weighted by atomic mass is 10.3. The summed E-state index contributed by atoms with van der Waals surface area (Å²) in [5.74, 6) is 0.230. The summed E-state index contributed by atoms with van der Waals surface area (Å²) in [5, 5.41) is 7.29. The number of aromatic nitrogens is 2. The highest BCUT2D eigenvalue weighted by Crippen LogP contribution is 2.10. The molecule has 0 saturated carbocycles. The second kappa shape index (κ2) is 5.12. The molecule has 0 aliphatic carbocycles. The van der Waals surface area contributed by atoms with E-state index in [2.05, 4.69) is 10.4 Å². The molecule has 2 rings (SSSR count). The first-order valence-corrected chi connectivity index (χ1v) is 5.72. The number of nitrogens with one attached hydrogen (secondary N) is 1. The first kappa shape index (κ1) is 11.1. The summed E-state index contributed by atoms with van der Waals surface area (Å²) in [7, 11) is 1.95. The van der Waals surface area contributed by atoms with Crippen LogP contribution in [0, 0.1) is 0 Å². The highest BCUT2D eigenvalue weighted by molar-refractivity contribution is 5.76. The zero-order chi connectivity index (χ0) is 11.4. The average Bonchev–Trinajstić information content (AvgIpc) is 2.96. The molecule has 1 unspecified atom stereocenters. The molecule has 0 spiro atoms. The monoisotopic (exact) mass is 222 g/mol. The Balaban J connectivity index is 1.76. The number of hydrogen-bond donors (Lipinski definition) is 1. The van der Waals surface area contributed by atoms with Crippen molar-refractivity contribution in [1.29, 1.82) is 0 Å². The molecule has 1 aromatic heterocycles. The Kier molecular flexibility index (Phi) is 3.56. The van der Waals surface area contributed by atoms with Crippen LogP contribution in [0.3, 0.4) is 0 Å². The van der Waals surface area contributed by atoms with Crippen molar-refractivity contribution in [3.05, 3.63) is 18.5 Å². The van der Waals surface area contributed by atoms with E-state index in [1.165, 1.54) is 0 Å². The van der Waals surface area contributed by atoms with E-state index in [4.69, 9.17) is 0 Å². The fraction of sp³-hybridized carbons (Fsp3) is 0.636. The topological polar surface area (TPSA) is 50.2 Å². The second-order valence-electron chi connectivity index (χ2n) is 4.13. The number of likely N-dealkylation sites (tertiary alicyclic amines) is 1. The van der Waals surface area contributed by atoms with Crippen molar-refractivity contribution in [2.75, 3.05) is 20.1 Å². The van der Waals surface area contributed by atoms with Gasteiger partial charge in [0.15, 0.2) is 0 Å². The van der Waals surface area contributed by atoms with Gasteiger partial charge in [-0.05, 0) is 19.5 Å². The molecule has 1 atom stereocenters. The lowest BCUT2D eigenvalue weighted by molar-refractivity contribution is -0.130. The first-order valence-electron chi connectivity index (χ1n) is 5.72. The maximum absolute atomic E-state index is 11.9. The van der Waals surface area contributed by atoms with Crippen molar-refractivity contribution >= 4 is 5.91 Å². The summed E-state index contributed by atoms with van der Waals surface area (Å²) in [6, 6.07) is 2.34. The van der Waals surface area contributed by atoms with Crippen LogP contribution in [0.4, 0.5) is 0 Å². The fourth-order valence-electron chi connectivity index (χ4n) is 2.02. The second-order valence-corrected chi connectivity index (χ2v) is 4.13. The molecule has 5 nitrogen and oxygen atoms in total. The summed E-state index contributed by atoms with van der Waals surface area (Å²) in [6.07, 6.45) is 5.22. The summed E-state index contributed by atoms with van der Waals surface area (Å²) >= 11 is 0. The van der Waals surface area contributed by atoms with Crippen LogP contribution in [0.15, 0.2) is 18.5 Å². The van der Waals surface area contributed by atoms with Gasteiger partial charge in [-0.1, -0.05) is 0 Å². The van der Waals surface area contributed by atoms with E-state index in [1.807, 2.05) is 24.2 Å². The van der Waals surface area contributed by atoms with Gasteiger partial charge in [-0.25, -0.2) is 0 Å². The number of aryl methyl sites for hydroxylation is 1. The number of carbonyl (C=O) groups is 1. The van der Waals surface area contributed by atoms with Crippen molar-refractivity contribution in [2.45, 2.75) is 25.4 Å². The van der Waals surface area contributed by atoms with Crippen LogP contribution in [-0.4, -0.2) is 46.8 Å². The molecule has 0 aromatic carbocycles. The number of nitrogens with zero attached hydrogens (tertiary/aromatic N) is 3. The summed E-state index contributed by atoms with van der Waals surface area (Å²) < 4.78 is 1.80. The molecule has 1 aliphatic rings. The highest BCUT2D eigenvalue weighted by Gasteiger charge is 2.24. The molecule has 5 heteroatoms. The summed E-state index contributed by atoms with van der Waals surface area (Å²) in [5.41, 5.74) is 0. The molecule has 1 saturated heterocycles. The maximum Gasteiger partial charge on any atom is 0.224 e. The molecule has 2 heterocycles. The summed E-state index contributed by atoms with van der Waals surface area (Å²) in [4.78, 5) is 13.8. The van der Waals surface area contributed by atoms with E-state index in [1.54, 1.807) is 10.9 Å². The molecular weight excluding hydrogens is 204 g/mol. The fourth-order valence-corrected chi connectivity index (χ4v) is 2.02. The van der Waals surface area contributed by atoms with Crippen LogP contribution < -0.4 is 5.32 Å². The van der Waals surface area contributed by atoms with Gasteiger partial charge in [-0.2, -0.15) is 5.10 Å². The van der Waals surface area contributed by atoms with Gasteiger partial charge in [-0.3, -0.25) is 9.48 Å². The van der Waals surface area contributed by atoms with Crippen molar-refractivity contribution in [3.8, 4) is 0 Å². The number of hydrogen-bond acceptors (Lipinski definition) is 3. The van der Waals surface area contributed by atoms with Crippen LogP contribution in [0.2, 0.25) is 0 Å². The minimum Gasteiger partial charge on any atom is -0.341 e. The Morgan fingerprint density at radius 2 is 2.50 bits per heavy atom. The van der Waals surface area contributed by atoms with E-state index in [-0.39, 0.29) is 5.91 Å². The molecule has 1 amide bonds. The van der Waals surface area contributed by atoms with E-state index in [0.29, 0.717) is 19.0 Å². The number of amides is 1. The Morgan fingerprint density at radius 3 is 3.12 bits per heavy atom. The Morgan fingerprint density at radius 1 is 1.62 bits per heavy atom. The largest absolute Gasteiger partial charge is 0.341 e. The highest BCUT2D eigenvalue weighted by atomic mass is 16.2. The van der Waals surface area contributed by atoms with Crippen LogP contribution in [0.25, 0.3) is 0 Å². The summed E-state index contributed by atoms with van der Waals surface area (Å²) in [6.45, 7) is 2.39. The first-order chi connectivity index (χ1) is 7.79. The quantitative estimate of drug-likeness (QED) is 0.785. The molecule has 1 aliphatic heterocycles. The average molecular weight is 222 g/mol. The third-order valence-corrected chi connectivity index (χ3v) is 3.06. The van der Waals surface area contributed by atoms with Gasteiger partial charge in [-0.15, -0.1) is 0 Å². The van der Waals surface area contributed by atoms with Gasteiger partial charge < -0.3 is 10.2 Å². The van der Waals surface area contributed by atoms with Crippen molar-refractivity contribution < 1.29 is 4.79 Å². The van der Waals surface area contributed by atoms with Gasteiger partial charge in [0.1, 0.15) is 0 Å². The SMILES string of the molecule is CNC1CCN(C(=O)CCn2cccn2)C1. The molecule has 0 bridgehead atoms. The van der Waals surface area contributed by atoms with E-state index in [0.717, 1.165) is 19.5 Å². The van der Waals surface area contributed by atoms with Crippen LogP contribution in [0.1, 0.15) is 12.8 Å². The lowest BCUT2D eigenvalue weighted by Crippen LogP contribution is -2.33. The predicted molar refractivity (Wildman–Crippen MR) is 60.9 cm³/mol. The lowest BCUT2D eigenvalue weighted by Gasteiger charge is -2.16. The van der Waals surface area contributed by atoms with Crippen molar-refractivity contribution in [2.24, 2.45) is 0 Å². The third kappa shape index (κ3) is 2.61. The third-order valence-electron chi connectivity index (χ3n) is 3.06. The smallest absolute Gasteiger partial charge is 0.224 e. The Hall–Kier alpha value is -1.36. The molecule has 1 fully saturated rings. The van der Waals surface area contributed by atoms with E-state index < -0.39 is 0 Å². The van der Waals surface area contributed by atoms with Gasteiger partial charge >= 0.3 is 0 Å². The van der Waals surface area contributed by atoms with Gasteiger partial charge in [0.05, 0.1) is 0 Å². The maximum atomic E-state index is 11.9. The standard InChI is InChI=1S/C11H18N4O/c1-12-10-3-7-14(9-10)11(16)4-8-15-6-2-5-13-15/h2,5-6,10,12H,3-4,7-9H2,1H3. The van der Waals surface area contributed by atoms with E-state index in [9.17, 15) is 4.79 Å². The van der Waals surface area contributed by atoms with Crippen molar-refractivity contribution in [1.82, 2.24) is 20.0 Å². The molecule has 16 heavy (non-hydrogen) atoms. The molecule has 1 N–H and O–H groups in total. The van der Waals surface area contributed by atoms with Gasteiger partial charge in [0.25, 0.3) is 0 Å². The molecule has 88 valence electrons. The Labute approximate surface area is 95.4 Å². The van der Waals surface area contributed by atoms with Gasteiger partial charge in [0.2, 0.25) is 5.91 Å². The van der Waals surface area contributed by atoms with Crippen LogP contribution >= 0.6 is 0 Å². The van der Waals surface area contributed by atoms with Crippen LogP contribution in [0.5, 0.6) is 0 Å². The minimum absolute atomic E-state index is 0.230. The minimum atomic E-state index is 0.230. The number of likely N-dealkylation sites (N-methyl/N-ethyl adjacent to an activating group) is 1. The van der Waals surface area contributed by atoms with E-state index >= 15 is 0 Å². The zero-order valence-corrected chi connectivity index (χ0v) is 9.59. The normalized spacial score (nSPS) is 20.3. The molecular formula is C11H18N4O. The molecule has 0 radical (unpaired) electrons.